The predicted molar refractivity (Wildman–Crippen MR) is 83.6 cm³/mol. The van der Waals surface area contributed by atoms with Crippen molar-refractivity contribution >= 4 is 0 Å². The molecular formula is C18H21NO2. The van der Waals surface area contributed by atoms with E-state index in [-0.39, 0.29) is 6.10 Å². The number of likely N-dealkylation sites (tertiary alicyclic amines) is 1. The molecule has 2 atom stereocenters. The molecule has 0 bridgehead atoms. The highest BCUT2D eigenvalue weighted by Gasteiger charge is 2.25. The van der Waals surface area contributed by atoms with E-state index >= 15 is 0 Å². The van der Waals surface area contributed by atoms with Crippen molar-refractivity contribution in [3.05, 3.63) is 60.2 Å². The number of rotatable bonds is 3. The summed E-state index contributed by atoms with van der Waals surface area (Å²) in [5.41, 5.74) is 1.23. The fraction of sp³-hybridized carbons (Fsp3) is 0.333. The minimum Gasteiger partial charge on any atom is -0.457 e. The maximum atomic E-state index is 9.86. The zero-order valence-electron chi connectivity index (χ0n) is 12.3. The molecule has 0 saturated carbocycles. The average molecular weight is 283 g/mol. The molecule has 3 heteroatoms. The largest absolute Gasteiger partial charge is 0.457 e. The van der Waals surface area contributed by atoms with Gasteiger partial charge in [-0.1, -0.05) is 30.3 Å². The summed E-state index contributed by atoms with van der Waals surface area (Å²) in [4.78, 5) is 2.31. The monoisotopic (exact) mass is 283 g/mol. The highest BCUT2D eigenvalue weighted by Crippen LogP contribution is 2.31. The van der Waals surface area contributed by atoms with E-state index in [1.165, 1.54) is 5.56 Å². The van der Waals surface area contributed by atoms with Crippen molar-refractivity contribution in [2.24, 2.45) is 0 Å². The Balaban J connectivity index is 1.71. The first-order chi connectivity index (χ1) is 10.2. The van der Waals surface area contributed by atoms with Gasteiger partial charge in [0.05, 0.1) is 6.10 Å². The van der Waals surface area contributed by atoms with E-state index in [1.54, 1.807) is 0 Å². The number of aliphatic hydroxyl groups is 1. The minimum atomic E-state index is -0.188. The van der Waals surface area contributed by atoms with E-state index in [2.05, 4.69) is 24.1 Å². The van der Waals surface area contributed by atoms with Crippen molar-refractivity contribution in [2.45, 2.75) is 25.0 Å². The summed E-state index contributed by atoms with van der Waals surface area (Å²) in [6, 6.07) is 18.3. The maximum absolute atomic E-state index is 9.86. The van der Waals surface area contributed by atoms with Crippen LogP contribution in [0.15, 0.2) is 54.6 Å². The lowest BCUT2D eigenvalue weighted by molar-refractivity contribution is 0.0552. The van der Waals surface area contributed by atoms with Gasteiger partial charge in [0.1, 0.15) is 11.5 Å². The van der Waals surface area contributed by atoms with Crippen LogP contribution in [0.2, 0.25) is 0 Å². The summed E-state index contributed by atoms with van der Waals surface area (Å²) in [6.07, 6.45) is 1.48. The quantitative estimate of drug-likeness (QED) is 0.934. The zero-order chi connectivity index (χ0) is 14.7. The third-order valence-corrected chi connectivity index (χ3v) is 4.09. The molecule has 0 spiro atoms. The van der Waals surface area contributed by atoms with Gasteiger partial charge in [-0.25, -0.2) is 0 Å². The summed E-state index contributed by atoms with van der Waals surface area (Å²) < 4.78 is 5.81. The summed E-state index contributed by atoms with van der Waals surface area (Å²) in [6.45, 7) is 0.939. The van der Waals surface area contributed by atoms with Gasteiger partial charge in [-0.3, -0.25) is 4.90 Å². The van der Waals surface area contributed by atoms with E-state index in [4.69, 9.17) is 4.74 Å². The Labute approximate surface area is 125 Å². The van der Waals surface area contributed by atoms with Crippen LogP contribution in [0.4, 0.5) is 0 Å². The van der Waals surface area contributed by atoms with Crippen LogP contribution in [0.1, 0.15) is 24.4 Å². The molecule has 3 nitrogen and oxygen atoms in total. The Morgan fingerprint density at radius 3 is 2.38 bits per heavy atom. The molecule has 1 N–H and O–H groups in total. The molecule has 1 fully saturated rings. The van der Waals surface area contributed by atoms with Gasteiger partial charge in [0.2, 0.25) is 0 Å². The lowest BCUT2D eigenvalue weighted by Gasteiger charge is -2.35. The van der Waals surface area contributed by atoms with E-state index in [0.717, 1.165) is 30.9 Å². The predicted octanol–water partition coefficient (Wildman–Crippen LogP) is 3.61. The molecule has 1 aliphatic rings. The van der Waals surface area contributed by atoms with Gasteiger partial charge < -0.3 is 9.84 Å². The molecule has 2 unspecified atom stereocenters. The second-order valence-corrected chi connectivity index (χ2v) is 5.66. The maximum Gasteiger partial charge on any atom is 0.127 e. The Hall–Kier alpha value is -1.84. The topological polar surface area (TPSA) is 32.7 Å². The van der Waals surface area contributed by atoms with E-state index in [9.17, 15) is 5.11 Å². The first kappa shape index (κ1) is 14.1. The van der Waals surface area contributed by atoms with E-state index < -0.39 is 0 Å². The molecule has 0 aliphatic carbocycles. The highest BCUT2D eigenvalue weighted by molar-refractivity contribution is 5.34. The summed E-state index contributed by atoms with van der Waals surface area (Å²) in [5.74, 6) is 1.68. The number of hydrogen-bond acceptors (Lipinski definition) is 3. The fourth-order valence-electron chi connectivity index (χ4n) is 2.84. The molecule has 110 valence electrons. The SMILES string of the molecule is CN1CCC(O)CC1c1ccc(Oc2ccccc2)cc1. The standard InChI is InChI=1S/C18H21NO2/c1-19-12-11-15(20)13-18(19)14-7-9-17(10-8-14)21-16-5-3-2-4-6-16/h2-10,15,18,20H,11-13H2,1H3. The van der Waals surface area contributed by atoms with Crippen LogP contribution in [0, 0.1) is 0 Å². The van der Waals surface area contributed by atoms with E-state index in [1.807, 2.05) is 42.5 Å². The molecular weight excluding hydrogens is 262 g/mol. The third kappa shape index (κ3) is 3.43. The number of hydrogen-bond donors (Lipinski definition) is 1. The molecule has 2 aromatic rings. The van der Waals surface area contributed by atoms with Gasteiger partial charge in [-0.2, -0.15) is 0 Å². The van der Waals surface area contributed by atoms with Crippen molar-refractivity contribution in [1.29, 1.82) is 0 Å². The van der Waals surface area contributed by atoms with Crippen LogP contribution < -0.4 is 4.74 Å². The Bertz CT molecular complexity index is 568. The summed E-state index contributed by atoms with van der Waals surface area (Å²) in [7, 11) is 2.12. The van der Waals surface area contributed by atoms with Crippen LogP contribution in [0.5, 0.6) is 11.5 Å². The second kappa shape index (κ2) is 6.29. The van der Waals surface area contributed by atoms with Crippen LogP contribution in [0.25, 0.3) is 0 Å². The molecule has 0 radical (unpaired) electrons. The molecule has 1 aliphatic heterocycles. The summed E-state index contributed by atoms with van der Waals surface area (Å²) in [5, 5.41) is 9.86. The fourth-order valence-corrected chi connectivity index (χ4v) is 2.84. The van der Waals surface area contributed by atoms with Crippen molar-refractivity contribution < 1.29 is 9.84 Å². The van der Waals surface area contributed by atoms with Gasteiger partial charge in [-0.15, -0.1) is 0 Å². The second-order valence-electron chi connectivity index (χ2n) is 5.66. The molecule has 1 saturated heterocycles. The van der Waals surface area contributed by atoms with Crippen LogP contribution in [-0.4, -0.2) is 29.7 Å². The summed E-state index contributed by atoms with van der Waals surface area (Å²) >= 11 is 0. The number of ether oxygens (including phenoxy) is 1. The van der Waals surface area contributed by atoms with Gasteiger partial charge in [0.25, 0.3) is 0 Å². The van der Waals surface area contributed by atoms with Crippen molar-refractivity contribution in [1.82, 2.24) is 4.90 Å². The Morgan fingerprint density at radius 2 is 1.67 bits per heavy atom. The van der Waals surface area contributed by atoms with Crippen LogP contribution in [0.3, 0.4) is 0 Å². The van der Waals surface area contributed by atoms with Crippen LogP contribution >= 0.6 is 0 Å². The van der Waals surface area contributed by atoms with Gasteiger partial charge >= 0.3 is 0 Å². The molecule has 1 heterocycles. The smallest absolute Gasteiger partial charge is 0.127 e. The highest BCUT2D eigenvalue weighted by atomic mass is 16.5. The molecule has 0 amide bonds. The molecule has 0 aromatic heterocycles. The number of benzene rings is 2. The third-order valence-electron chi connectivity index (χ3n) is 4.09. The van der Waals surface area contributed by atoms with Crippen LogP contribution in [-0.2, 0) is 0 Å². The number of piperidine rings is 1. The number of aliphatic hydroxyl groups excluding tert-OH is 1. The first-order valence-corrected chi connectivity index (χ1v) is 7.43. The van der Waals surface area contributed by atoms with Gasteiger partial charge in [-0.05, 0) is 49.7 Å². The average Bonchev–Trinajstić information content (AvgIpc) is 2.52. The van der Waals surface area contributed by atoms with Gasteiger partial charge in [0, 0.05) is 12.6 Å². The zero-order valence-corrected chi connectivity index (χ0v) is 12.3. The number of nitrogens with zero attached hydrogens (tertiary/aromatic N) is 1. The van der Waals surface area contributed by atoms with Gasteiger partial charge in [0.15, 0.2) is 0 Å². The first-order valence-electron chi connectivity index (χ1n) is 7.43. The molecule has 3 rings (SSSR count). The van der Waals surface area contributed by atoms with Crippen molar-refractivity contribution in [3.8, 4) is 11.5 Å². The minimum absolute atomic E-state index is 0.188. The Kier molecular flexibility index (Phi) is 4.23. The Morgan fingerprint density at radius 1 is 1.00 bits per heavy atom. The molecule has 2 aromatic carbocycles. The number of para-hydroxylation sites is 1. The molecule has 21 heavy (non-hydrogen) atoms. The lowest BCUT2D eigenvalue weighted by Crippen LogP contribution is -2.35. The van der Waals surface area contributed by atoms with E-state index in [0.29, 0.717) is 6.04 Å². The lowest BCUT2D eigenvalue weighted by atomic mass is 9.94. The van der Waals surface area contributed by atoms with Crippen molar-refractivity contribution in [3.63, 3.8) is 0 Å². The normalized spacial score (nSPS) is 23.0. The van der Waals surface area contributed by atoms with Crippen molar-refractivity contribution in [2.75, 3.05) is 13.6 Å².